The summed E-state index contributed by atoms with van der Waals surface area (Å²) in [6.45, 7) is 0. The Hall–Kier alpha value is 0.406. The van der Waals surface area contributed by atoms with E-state index in [1.807, 2.05) is 0 Å². The average Bonchev–Trinajstić information content (AvgIpc) is 0.722. The van der Waals surface area contributed by atoms with Crippen molar-refractivity contribution < 1.29 is 61.5 Å². The molecular formula is H15MgMnO10. The van der Waals surface area contributed by atoms with Crippen molar-refractivity contribution in [2.45, 2.75) is 0 Å². The van der Waals surface area contributed by atoms with Crippen LogP contribution in [0.4, 0.5) is 0 Å². The van der Waals surface area contributed by atoms with Gasteiger partial charge in [-0.1, -0.05) is 0 Å². The third-order valence-corrected chi connectivity index (χ3v) is 0. The second kappa shape index (κ2) is 30.1. The maximum absolute atomic E-state index is 8.69. The number of hydrogen-bond donors (Lipinski definition) is 1. The molecule has 0 aromatic carbocycles. The number of hydrogen-bond acceptors (Lipinski definition) is 3. The number of rotatable bonds is 0. The van der Waals surface area contributed by atoms with Gasteiger partial charge >= 0.3 is 51.7 Å². The molecule has 0 aliphatic carbocycles. The van der Waals surface area contributed by atoms with E-state index in [0.717, 1.165) is 0 Å². The van der Waals surface area contributed by atoms with Crippen LogP contribution in [0, 0.1) is 0 Å². The fraction of sp³-hybridized carbons (Fsp3) is 0. The van der Waals surface area contributed by atoms with Crippen molar-refractivity contribution in [3.8, 4) is 0 Å². The molecule has 0 rings (SSSR count). The summed E-state index contributed by atoms with van der Waals surface area (Å²) in [4.78, 5) is 0. The van der Waals surface area contributed by atoms with Gasteiger partial charge in [0.05, 0.1) is 0 Å². The zero-order chi connectivity index (χ0) is 4.50. The molecule has 0 radical (unpaired) electrons. The van der Waals surface area contributed by atoms with Crippen LogP contribution < -0.4 is 0 Å². The van der Waals surface area contributed by atoms with Gasteiger partial charge in [-0.15, -0.1) is 0 Å². The van der Waals surface area contributed by atoms with Gasteiger partial charge in [0.25, 0.3) is 0 Å². The zero-order valence-corrected chi connectivity index (χ0v) is 6.23. The normalized spacial score (nSPS) is 4.75. The molecule has 12 heavy (non-hydrogen) atoms. The van der Waals surface area contributed by atoms with Crippen LogP contribution in [0.1, 0.15) is 0 Å². The quantitative estimate of drug-likeness (QED) is 0.412. The van der Waals surface area contributed by atoms with Gasteiger partial charge in [-0.3, -0.25) is 0 Å². The van der Waals surface area contributed by atoms with Crippen molar-refractivity contribution in [3.63, 3.8) is 0 Å². The molecule has 0 aromatic heterocycles. The molecule has 13 N–H and O–H groups in total. The van der Waals surface area contributed by atoms with E-state index < -0.39 is 13.0 Å². The van der Waals surface area contributed by atoms with E-state index in [1.54, 1.807) is 0 Å². The van der Waals surface area contributed by atoms with Gasteiger partial charge in [-0.05, 0) is 0 Å². The second-order valence-electron chi connectivity index (χ2n) is 0.396. The summed E-state index contributed by atoms with van der Waals surface area (Å²) in [6.07, 6.45) is 0. The van der Waals surface area contributed by atoms with Crippen LogP contribution in [-0.2, 0) is 24.5 Å². The van der Waals surface area contributed by atoms with Gasteiger partial charge in [0.15, 0.2) is 0 Å². The molecule has 0 spiro atoms. The molecule has 0 aromatic rings. The van der Waals surface area contributed by atoms with Crippen molar-refractivity contribution >= 4 is 23.1 Å². The Morgan fingerprint density at radius 1 is 0.667 bits per heavy atom. The van der Waals surface area contributed by atoms with Crippen LogP contribution in [0.25, 0.3) is 0 Å². The van der Waals surface area contributed by atoms with Gasteiger partial charge in [0, 0.05) is 0 Å². The molecule has 0 atom stereocenters. The first kappa shape index (κ1) is 83.1. The summed E-state index contributed by atoms with van der Waals surface area (Å²) in [5.41, 5.74) is 0. The molecule has 0 heterocycles. The summed E-state index contributed by atoms with van der Waals surface area (Å²) >= 11 is -5.38. The molecule has 10 nitrogen and oxygen atoms in total. The molecule has 0 saturated heterocycles. The van der Waals surface area contributed by atoms with Crippen LogP contribution in [0.5, 0.6) is 0 Å². The fourth-order valence-corrected chi connectivity index (χ4v) is 0. The van der Waals surface area contributed by atoms with Crippen molar-refractivity contribution in [1.29, 1.82) is 0 Å². The SMILES string of the molecule is O.O.O.O.O.O.[MgH2].[O]=[Mn](=[O])(=[O])[OH]. The second-order valence-corrected chi connectivity index (χ2v) is 1.63. The standard InChI is InChI=1S/Mg.Mn.7H2O.3O.2H/h;;7*1H2;;;;;/q;+1;;;;;;;;;;;;/p-1. The fourth-order valence-electron chi connectivity index (χ4n) is 0. The van der Waals surface area contributed by atoms with Gasteiger partial charge in [-0.2, -0.15) is 0 Å². The van der Waals surface area contributed by atoms with Crippen LogP contribution in [0.15, 0.2) is 0 Å². The Balaban J connectivity index is -0.00000000381. The summed E-state index contributed by atoms with van der Waals surface area (Å²) in [7, 11) is 0. The van der Waals surface area contributed by atoms with Crippen LogP contribution in [-0.4, -0.2) is 60.1 Å². The molecule has 0 aliphatic rings. The van der Waals surface area contributed by atoms with Gasteiger partial charge in [0.2, 0.25) is 0 Å². The van der Waals surface area contributed by atoms with Crippen molar-refractivity contribution in [3.05, 3.63) is 0 Å². The first-order valence-electron chi connectivity index (χ1n) is 0.632. The molecule has 0 saturated carbocycles. The van der Waals surface area contributed by atoms with E-state index in [1.165, 1.54) is 0 Å². The van der Waals surface area contributed by atoms with E-state index >= 15 is 0 Å². The first-order chi connectivity index (χ1) is 2.00. The predicted octanol–water partition coefficient (Wildman–Crippen LogP) is -6.78. The van der Waals surface area contributed by atoms with E-state index in [-0.39, 0.29) is 55.9 Å². The Labute approximate surface area is 84.7 Å². The third kappa shape index (κ3) is 5590. The molecule has 12 heteroatoms. The van der Waals surface area contributed by atoms with Gasteiger partial charge in [-0.25, -0.2) is 0 Å². The van der Waals surface area contributed by atoms with E-state index in [4.69, 9.17) is 15.7 Å². The molecule has 0 fully saturated rings. The Bertz CT molecular complexity index is 131. The van der Waals surface area contributed by atoms with Crippen molar-refractivity contribution in [2.24, 2.45) is 0 Å². The van der Waals surface area contributed by atoms with E-state index in [2.05, 4.69) is 0 Å². The molecule has 0 bridgehead atoms. The van der Waals surface area contributed by atoms with Gasteiger partial charge in [0.1, 0.15) is 0 Å². The third-order valence-electron chi connectivity index (χ3n) is 0. The topological polar surface area (TPSA) is 260 Å². The minimum absolute atomic E-state index is 0. The Morgan fingerprint density at radius 3 is 0.667 bits per heavy atom. The van der Waals surface area contributed by atoms with Crippen LogP contribution in [0.2, 0.25) is 0 Å². The summed E-state index contributed by atoms with van der Waals surface area (Å²) in [5.74, 6) is 0. The van der Waals surface area contributed by atoms with Crippen LogP contribution in [0.3, 0.4) is 0 Å². The monoisotopic (exact) mass is 254 g/mol. The molecule has 0 aliphatic heterocycles. The van der Waals surface area contributed by atoms with Gasteiger partial charge < -0.3 is 32.9 Å². The van der Waals surface area contributed by atoms with E-state index in [0.29, 0.717) is 0 Å². The summed E-state index contributed by atoms with van der Waals surface area (Å²) in [5, 5.41) is 0. The summed E-state index contributed by atoms with van der Waals surface area (Å²) in [6, 6.07) is 0. The van der Waals surface area contributed by atoms with E-state index in [9.17, 15) is 0 Å². The summed E-state index contributed by atoms with van der Waals surface area (Å²) < 4.78 is 33.1. The Kier molecular flexibility index (Phi) is 209. The molecule has 0 unspecified atom stereocenters. The zero-order valence-electron chi connectivity index (χ0n) is 5.05. The maximum atomic E-state index is 8.69. The van der Waals surface area contributed by atoms with Crippen molar-refractivity contribution in [1.82, 2.24) is 0 Å². The predicted molar refractivity (Wildman–Crippen MR) is 34.5 cm³/mol. The molecular weight excluding hydrogens is 239 g/mol. The molecule has 84 valence electrons. The minimum atomic E-state index is -5.38. The Morgan fingerprint density at radius 2 is 0.667 bits per heavy atom. The van der Waals surface area contributed by atoms with Crippen LogP contribution >= 0.6 is 0 Å². The average molecular weight is 254 g/mol. The van der Waals surface area contributed by atoms with Crippen molar-refractivity contribution in [2.75, 3.05) is 0 Å². The molecule has 0 amide bonds. The first-order valence-corrected chi connectivity index (χ1v) is 2.61.